The van der Waals surface area contributed by atoms with E-state index in [-0.39, 0.29) is 17.7 Å². The summed E-state index contributed by atoms with van der Waals surface area (Å²) in [7, 11) is 1.89. The number of carboxylic acids is 1. The van der Waals surface area contributed by atoms with E-state index < -0.39 is 12.0 Å². The van der Waals surface area contributed by atoms with Gasteiger partial charge in [0.15, 0.2) is 5.16 Å². The zero-order valence-electron chi connectivity index (χ0n) is 18.1. The van der Waals surface area contributed by atoms with Crippen LogP contribution in [0.25, 0.3) is 6.08 Å². The highest BCUT2D eigenvalue weighted by atomic mass is 35.5. The number of rotatable bonds is 7. The number of hydrogen-bond acceptors (Lipinski definition) is 5. The Morgan fingerprint density at radius 3 is 2.55 bits per heavy atom. The Kier molecular flexibility index (Phi) is 8.45. The maximum absolute atomic E-state index is 12.6. The van der Waals surface area contributed by atoms with E-state index in [0.29, 0.717) is 41.5 Å². The summed E-state index contributed by atoms with van der Waals surface area (Å²) >= 11 is 14.3. The van der Waals surface area contributed by atoms with Gasteiger partial charge < -0.3 is 19.9 Å². The molecule has 0 aliphatic carbocycles. The fraction of sp³-hybridized carbons (Fsp3) is 0.364. The molecule has 2 amide bonds. The van der Waals surface area contributed by atoms with E-state index in [9.17, 15) is 14.4 Å². The van der Waals surface area contributed by atoms with Crippen molar-refractivity contribution in [3.63, 3.8) is 0 Å². The smallest absolute Gasteiger partial charge is 0.325 e. The fourth-order valence-electron chi connectivity index (χ4n) is 3.32. The molecule has 1 atom stereocenters. The first-order chi connectivity index (χ1) is 15.7. The third-order valence-corrected chi connectivity index (χ3v) is 7.51. The van der Waals surface area contributed by atoms with Crippen molar-refractivity contribution < 1.29 is 19.5 Å². The second kappa shape index (κ2) is 11.1. The topological polar surface area (TPSA) is 105 Å². The number of benzene rings is 1. The summed E-state index contributed by atoms with van der Waals surface area (Å²) in [5.74, 6) is -1.87. The van der Waals surface area contributed by atoms with Crippen LogP contribution in [0, 0.1) is 5.92 Å². The van der Waals surface area contributed by atoms with Crippen LogP contribution in [0.2, 0.25) is 10.0 Å². The minimum atomic E-state index is -1.08. The van der Waals surface area contributed by atoms with Crippen LogP contribution in [0.3, 0.4) is 0 Å². The number of nitrogens with zero attached hydrogens (tertiary/aromatic N) is 3. The zero-order chi connectivity index (χ0) is 24.1. The van der Waals surface area contributed by atoms with E-state index in [1.54, 1.807) is 23.2 Å². The summed E-state index contributed by atoms with van der Waals surface area (Å²) in [4.78, 5) is 42.4. The van der Waals surface area contributed by atoms with Crippen molar-refractivity contribution in [2.24, 2.45) is 13.0 Å². The van der Waals surface area contributed by atoms with E-state index in [1.807, 2.05) is 23.9 Å². The minimum Gasteiger partial charge on any atom is -0.480 e. The van der Waals surface area contributed by atoms with Crippen LogP contribution in [0.1, 0.15) is 25.3 Å². The molecule has 1 unspecified atom stereocenters. The Bertz CT molecular complexity index is 1080. The molecular weight excluding hydrogens is 487 g/mol. The van der Waals surface area contributed by atoms with E-state index >= 15 is 0 Å². The molecule has 33 heavy (non-hydrogen) atoms. The number of aliphatic carboxylic acids is 1. The first-order valence-electron chi connectivity index (χ1n) is 10.3. The zero-order valence-corrected chi connectivity index (χ0v) is 20.5. The first-order valence-corrected chi connectivity index (χ1v) is 11.9. The predicted molar refractivity (Wildman–Crippen MR) is 127 cm³/mol. The van der Waals surface area contributed by atoms with Gasteiger partial charge in [-0.05, 0) is 37.5 Å². The molecule has 0 spiro atoms. The molecule has 3 rings (SSSR count). The number of halogens is 2. The minimum absolute atomic E-state index is 0.189. The Morgan fingerprint density at radius 2 is 1.94 bits per heavy atom. The quantitative estimate of drug-likeness (QED) is 0.550. The Balaban J connectivity index is 1.57. The van der Waals surface area contributed by atoms with Gasteiger partial charge in [0.1, 0.15) is 6.04 Å². The van der Waals surface area contributed by atoms with Crippen LogP contribution in [0.4, 0.5) is 0 Å². The SMILES string of the molecule is CC(NC(=O)C1CCN(C(=O)C=Cc2ccc(Sc3nccn3C)c(Cl)c2Cl)CC1)C(=O)O. The van der Waals surface area contributed by atoms with Crippen molar-refractivity contribution in [2.75, 3.05) is 13.1 Å². The summed E-state index contributed by atoms with van der Waals surface area (Å²) in [6.45, 7) is 2.25. The lowest BCUT2D eigenvalue weighted by molar-refractivity contribution is -0.142. The third-order valence-electron chi connectivity index (χ3n) is 5.37. The summed E-state index contributed by atoms with van der Waals surface area (Å²) in [6, 6.07) is 2.69. The number of aryl methyl sites for hydroxylation is 1. The molecule has 1 aliphatic rings. The average molecular weight is 511 g/mol. The second-order valence-electron chi connectivity index (χ2n) is 7.71. The number of carbonyl (C=O) groups is 3. The molecule has 0 saturated carbocycles. The molecule has 176 valence electrons. The molecule has 1 fully saturated rings. The van der Waals surface area contributed by atoms with Gasteiger partial charge in [0.05, 0.1) is 10.0 Å². The van der Waals surface area contributed by atoms with Crippen LogP contribution in [0.5, 0.6) is 0 Å². The molecule has 11 heteroatoms. The van der Waals surface area contributed by atoms with E-state index in [4.69, 9.17) is 28.3 Å². The number of aromatic nitrogens is 2. The summed E-state index contributed by atoms with van der Waals surface area (Å²) in [6.07, 6.45) is 7.56. The maximum Gasteiger partial charge on any atom is 0.325 e. The van der Waals surface area contributed by atoms with Crippen molar-refractivity contribution in [1.82, 2.24) is 19.8 Å². The normalized spacial score (nSPS) is 15.6. The van der Waals surface area contributed by atoms with Gasteiger partial charge in [-0.2, -0.15) is 0 Å². The lowest BCUT2D eigenvalue weighted by Gasteiger charge is -2.31. The largest absolute Gasteiger partial charge is 0.480 e. The number of amides is 2. The van der Waals surface area contributed by atoms with Gasteiger partial charge in [-0.15, -0.1) is 0 Å². The Morgan fingerprint density at radius 1 is 1.24 bits per heavy atom. The molecule has 0 bridgehead atoms. The van der Waals surface area contributed by atoms with Crippen LogP contribution >= 0.6 is 35.0 Å². The van der Waals surface area contributed by atoms with Gasteiger partial charge in [0.2, 0.25) is 11.8 Å². The number of hydrogen-bond donors (Lipinski definition) is 2. The lowest BCUT2D eigenvalue weighted by atomic mass is 9.95. The first kappa shape index (κ1) is 25.1. The van der Waals surface area contributed by atoms with Crippen molar-refractivity contribution >= 4 is 58.8 Å². The number of imidazole rings is 1. The molecule has 2 aromatic rings. The van der Waals surface area contributed by atoms with Crippen molar-refractivity contribution in [2.45, 2.75) is 35.9 Å². The molecule has 0 radical (unpaired) electrons. The molecule has 1 aromatic carbocycles. The Labute approximate surface area is 205 Å². The van der Waals surface area contributed by atoms with E-state index in [2.05, 4.69) is 10.3 Å². The number of carboxylic acid groups (broad SMARTS) is 1. The van der Waals surface area contributed by atoms with E-state index in [0.717, 1.165) is 10.1 Å². The fourth-order valence-corrected chi connectivity index (χ4v) is 4.74. The second-order valence-corrected chi connectivity index (χ2v) is 9.47. The van der Waals surface area contributed by atoms with Crippen LogP contribution in [-0.4, -0.2) is 56.5 Å². The van der Waals surface area contributed by atoms with Crippen LogP contribution in [0.15, 0.2) is 40.7 Å². The number of piperidine rings is 1. The van der Waals surface area contributed by atoms with Crippen molar-refractivity contribution in [3.05, 3.63) is 46.2 Å². The average Bonchev–Trinajstić information content (AvgIpc) is 3.20. The van der Waals surface area contributed by atoms with Gasteiger partial charge in [-0.25, -0.2) is 4.98 Å². The van der Waals surface area contributed by atoms with Crippen molar-refractivity contribution in [3.8, 4) is 0 Å². The molecular formula is C22H24Cl2N4O4S. The molecule has 2 N–H and O–H groups in total. The van der Waals surface area contributed by atoms with Gasteiger partial charge >= 0.3 is 5.97 Å². The molecule has 1 saturated heterocycles. The van der Waals surface area contributed by atoms with E-state index in [1.165, 1.54) is 24.8 Å². The van der Waals surface area contributed by atoms with Gasteiger partial charge in [-0.3, -0.25) is 14.4 Å². The van der Waals surface area contributed by atoms with Crippen LogP contribution in [-0.2, 0) is 21.4 Å². The molecule has 8 nitrogen and oxygen atoms in total. The highest BCUT2D eigenvalue weighted by Crippen LogP contribution is 2.38. The number of carbonyl (C=O) groups excluding carboxylic acids is 2. The lowest BCUT2D eigenvalue weighted by Crippen LogP contribution is -2.46. The summed E-state index contributed by atoms with van der Waals surface area (Å²) in [5, 5.41) is 12.9. The maximum atomic E-state index is 12.6. The monoisotopic (exact) mass is 510 g/mol. The standard InChI is InChI=1S/C22H24Cl2N4O4S/c1-13(21(31)32)26-20(30)15-7-10-28(11-8-15)17(29)6-4-14-3-5-16(19(24)18(14)23)33-22-25-9-12-27(22)2/h3-6,9,12-13,15H,7-8,10-11H2,1-2H3,(H,26,30)(H,31,32). The van der Waals surface area contributed by atoms with Gasteiger partial charge in [-0.1, -0.05) is 41.0 Å². The van der Waals surface area contributed by atoms with Gasteiger partial charge in [0, 0.05) is 49.4 Å². The Hall–Kier alpha value is -2.49. The van der Waals surface area contributed by atoms with Crippen molar-refractivity contribution in [1.29, 1.82) is 0 Å². The predicted octanol–water partition coefficient (Wildman–Crippen LogP) is 3.72. The highest BCUT2D eigenvalue weighted by Gasteiger charge is 2.28. The molecule has 1 aromatic heterocycles. The number of likely N-dealkylation sites (tertiary alicyclic amines) is 1. The summed E-state index contributed by atoms with van der Waals surface area (Å²) in [5.41, 5.74) is 0.621. The molecule has 2 heterocycles. The van der Waals surface area contributed by atoms with Crippen LogP contribution < -0.4 is 5.32 Å². The molecule has 1 aliphatic heterocycles. The highest BCUT2D eigenvalue weighted by molar-refractivity contribution is 7.99. The number of nitrogens with one attached hydrogen (secondary N) is 1. The third kappa shape index (κ3) is 6.31. The summed E-state index contributed by atoms with van der Waals surface area (Å²) < 4.78 is 1.88. The van der Waals surface area contributed by atoms with Gasteiger partial charge in [0.25, 0.3) is 0 Å².